The van der Waals surface area contributed by atoms with Crippen molar-refractivity contribution in [1.29, 1.82) is 0 Å². The molecule has 0 aliphatic carbocycles. The number of nitrogen functional groups attached to an aromatic ring is 1. The summed E-state index contributed by atoms with van der Waals surface area (Å²) in [5.74, 6) is 0.666. The highest BCUT2D eigenvalue weighted by Crippen LogP contribution is 2.30. The molecule has 4 nitrogen and oxygen atoms in total. The number of aryl methyl sites for hydroxylation is 1. The molecular formula is C11H10Cl2N4. The zero-order valence-corrected chi connectivity index (χ0v) is 10.5. The van der Waals surface area contributed by atoms with Crippen LogP contribution in [0.5, 0.6) is 0 Å². The molecule has 6 heteroatoms. The molecule has 0 bridgehead atoms. The standard InChI is InChI=1S/C11H10Cl2N4/c1-6-2-3-7(12)8(4-6)17-11-9(13)10(14)15-5-16-11/h2-5H,1H3,(H3,14,15,16,17). The van der Waals surface area contributed by atoms with Crippen molar-refractivity contribution in [2.75, 3.05) is 11.1 Å². The van der Waals surface area contributed by atoms with Gasteiger partial charge in [0.25, 0.3) is 0 Å². The molecule has 0 fully saturated rings. The second-order valence-corrected chi connectivity index (χ2v) is 4.31. The van der Waals surface area contributed by atoms with Crippen molar-refractivity contribution in [3.63, 3.8) is 0 Å². The number of aromatic nitrogens is 2. The Morgan fingerprint density at radius 2 is 2.00 bits per heavy atom. The maximum absolute atomic E-state index is 6.06. The summed E-state index contributed by atoms with van der Waals surface area (Å²) in [6.07, 6.45) is 1.34. The predicted molar refractivity (Wildman–Crippen MR) is 70.9 cm³/mol. The van der Waals surface area contributed by atoms with Crippen LogP contribution in [0.4, 0.5) is 17.3 Å². The molecule has 88 valence electrons. The van der Waals surface area contributed by atoms with Crippen molar-refractivity contribution >= 4 is 40.5 Å². The number of anilines is 3. The van der Waals surface area contributed by atoms with Crippen molar-refractivity contribution in [3.8, 4) is 0 Å². The van der Waals surface area contributed by atoms with Gasteiger partial charge in [-0.05, 0) is 24.6 Å². The number of benzene rings is 1. The fraction of sp³-hybridized carbons (Fsp3) is 0.0909. The zero-order valence-electron chi connectivity index (χ0n) is 9.04. The minimum atomic E-state index is 0.230. The third-order valence-corrected chi connectivity index (χ3v) is 2.89. The van der Waals surface area contributed by atoms with E-state index in [4.69, 9.17) is 28.9 Å². The Morgan fingerprint density at radius 3 is 2.76 bits per heavy atom. The van der Waals surface area contributed by atoms with Crippen LogP contribution in [0.2, 0.25) is 10.0 Å². The first-order chi connectivity index (χ1) is 8.08. The van der Waals surface area contributed by atoms with E-state index in [-0.39, 0.29) is 10.8 Å². The Kier molecular flexibility index (Phi) is 3.36. The van der Waals surface area contributed by atoms with Crippen molar-refractivity contribution in [2.24, 2.45) is 0 Å². The Bertz CT molecular complexity index is 557. The van der Waals surface area contributed by atoms with Crippen molar-refractivity contribution in [2.45, 2.75) is 6.92 Å². The number of hydrogen-bond donors (Lipinski definition) is 2. The second-order valence-electron chi connectivity index (χ2n) is 3.53. The Morgan fingerprint density at radius 1 is 1.24 bits per heavy atom. The molecule has 1 heterocycles. The maximum atomic E-state index is 6.06. The summed E-state index contributed by atoms with van der Waals surface area (Å²) in [7, 11) is 0. The number of nitrogens with two attached hydrogens (primary N) is 1. The molecule has 0 amide bonds. The quantitative estimate of drug-likeness (QED) is 0.876. The molecule has 0 aliphatic heterocycles. The molecule has 0 unspecified atom stereocenters. The highest BCUT2D eigenvalue weighted by atomic mass is 35.5. The lowest BCUT2D eigenvalue weighted by molar-refractivity contribution is 1.17. The average Bonchev–Trinajstić information content (AvgIpc) is 2.30. The van der Waals surface area contributed by atoms with Crippen molar-refractivity contribution < 1.29 is 0 Å². The normalized spacial score (nSPS) is 10.3. The van der Waals surface area contributed by atoms with Crippen LogP contribution in [0.15, 0.2) is 24.5 Å². The molecule has 1 aromatic heterocycles. The molecule has 3 N–H and O–H groups in total. The molecule has 2 rings (SSSR count). The van der Waals surface area contributed by atoms with Crippen LogP contribution in [0, 0.1) is 6.92 Å². The van der Waals surface area contributed by atoms with Crippen LogP contribution in [-0.2, 0) is 0 Å². The van der Waals surface area contributed by atoms with E-state index in [9.17, 15) is 0 Å². The number of nitrogens with one attached hydrogen (secondary N) is 1. The minimum Gasteiger partial charge on any atom is -0.382 e. The summed E-state index contributed by atoms with van der Waals surface area (Å²) in [6, 6.07) is 5.62. The predicted octanol–water partition coefficient (Wildman–Crippen LogP) is 3.42. The van der Waals surface area contributed by atoms with E-state index in [0.29, 0.717) is 10.8 Å². The van der Waals surface area contributed by atoms with Gasteiger partial charge in [0.05, 0.1) is 10.7 Å². The molecule has 0 spiro atoms. The Labute approximate surface area is 109 Å². The molecule has 0 saturated heterocycles. The van der Waals surface area contributed by atoms with Gasteiger partial charge >= 0.3 is 0 Å². The third kappa shape index (κ3) is 2.60. The summed E-state index contributed by atoms with van der Waals surface area (Å²) >= 11 is 12.0. The Balaban J connectivity index is 2.38. The number of hydrogen-bond acceptors (Lipinski definition) is 4. The summed E-state index contributed by atoms with van der Waals surface area (Å²) in [5.41, 5.74) is 7.39. The van der Waals surface area contributed by atoms with Gasteiger partial charge in [-0.15, -0.1) is 0 Å². The lowest BCUT2D eigenvalue weighted by atomic mass is 10.2. The third-order valence-electron chi connectivity index (χ3n) is 2.19. The summed E-state index contributed by atoms with van der Waals surface area (Å²) in [4.78, 5) is 7.80. The van der Waals surface area contributed by atoms with E-state index >= 15 is 0 Å². The highest BCUT2D eigenvalue weighted by Gasteiger charge is 2.08. The Hall–Kier alpha value is -1.52. The molecule has 17 heavy (non-hydrogen) atoms. The monoisotopic (exact) mass is 268 g/mol. The molecule has 2 aromatic rings. The largest absolute Gasteiger partial charge is 0.382 e. The smallest absolute Gasteiger partial charge is 0.154 e. The van der Waals surface area contributed by atoms with Crippen LogP contribution in [0.1, 0.15) is 5.56 Å². The first-order valence-electron chi connectivity index (χ1n) is 4.87. The van der Waals surface area contributed by atoms with Gasteiger partial charge < -0.3 is 11.1 Å². The SMILES string of the molecule is Cc1ccc(Cl)c(Nc2ncnc(N)c2Cl)c1. The van der Waals surface area contributed by atoms with Gasteiger partial charge in [0.2, 0.25) is 0 Å². The first-order valence-corrected chi connectivity index (χ1v) is 5.62. The van der Waals surface area contributed by atoms with E-state index in [1.165, 1.54) is 6.33 Å². The van der Waals surface area contributed by atoms with Gasteiger partial charge in [-0.25, -0.2) is 9.97 Å². The van der Waals surface area contributed by atoms with Gasteiger partial charge in [0.15, 0.2) is 5.82 Å². The molecule has 0 radical (unpaired) electrons. The summed E-state index contributed by atoms with van der Waals surface area (Å²) < 4.78 is 0. The number of rotatable bonds is 2. The molecule has 0 atom stereocenters. The fourth-order valence-electron chi connectivity index (χ4n) is 1.33. The second kappa shape index (κ2) is 4.77. The van der Waals surface area contributed by atoms with E-state index in [2.05, 4.69) is 15.3 Å². The van der Waals surface area contributed by atoms with Crippen molar-refractivity contribution in [3.05, 3.63) is 40.1 Å². The van der Waals surface area contributed by atoms with Gasteiger partial charge in [-0.3, -0.25) is 0 Å². The van der Waals surface area contributed by atoms with Crippen LogP contribution in [0.3, 0.4) is 0 Å². The van der Waals surface area contributed by atoms with Gasteiger partial charge in [0.1, 0.15) is 17.2 Å². The number of nitrogens with zero attached hydrogens (tertiary/aromatic N) is 2. The van der Waals surface area contributed by atoms with Crippen LogP contribution >= 0.6 is 23.2 Å². The maximum Gasteiger partial charge on any atom is 0.154 e. The van der Waals surface area contributed by atoms with Crippen LogP contribution in [0.25, 0.3) is 0 Å². The van der Waals surface area contributed by atoms with E-state index in [0.717, 1.165) is 11.3 Å². The minimum absolute atomic E-state index is 0.230. The van der Waals surface area contributed by atoms with Crippen LogP contribution < -0.4 is 11.1 Å². The van der Waals surface area contributed by atoms with Gasteiger partial charge in [0, 0.05) is 0 Å². The topological polar surface area (TPSA) is 63.8 Å². The fourth-order valence-corrected chi connectivity index (χ4v) is 1.64. The molecule has 1 aromatic carbocycles. The average molecular weight is 269 g/mol. The molecule has 0 saturated carbocycles. The lowest BCUT2D eigenvalue weighted by Crippen LogP contribution is -2.00. The first kappa shape index (κ1) is 12.0. The van der Waals surface area contributed by atoms with Gasteiger partial charge in [-0.2, -0.15) is 0 Å². The molecular weight excluding hydrogens is 259 g/mol. The van der Waals surface area contributed by atoms with E-state index in [1.807, 2.05) is 19.1 Å². The summed E-state index contributed by atoms with van der Waals surface area (Å²) in [5, 5.41) is 3.90. The number of halogens is 2. The van der Waals surface area contributed by atoms with E-state index in [1.54, 1.807) is 6.07 Å². The summed E-state index contributed by atoms with van der Waals surface area (Å²) in [6.45, 7) is 1.97. The highest BCUT2D eigenvalue weighted by molar-refractivity contribution is 6.36. The zero-order chi connectivity index (χ0) is 12.4. The lowest BCUT2D eigenvalue weighted by Gasteiger charge is -2.10. The molecule has 0 aliphatic rings. The van der Waals surface area contributed by atoms with Crippen LogP contribution in [-0.4, -0.2) is 9.97 Å². The van der Waals surface area contributed by atoms with E-state index < -0.39 is 0 Å². The van der Waals surface area contributed by atoms with Crippen molar-refractivity contribution in [1.82, 2.24) is 9.97 Å². The van der Waals surface area contributed by atoms with Gasteiger partial charge in [-0.1, -0.05) is 29.3 Å².